The van der Waals surface area contributed by atoms with E-state index in [1.807, 2.05) is 0 Å². The van der Waals surface area contributed by atoms with Gasteiger partial charge in [0.1, 0.15) is 13.7 Å². The summed E-state index contributed by atoms with van der Waals surface area (Å²) in [6, 6.07) is 0. The topological polar surface area (TPSA) is 20.2 Å². The Morgan fingerprint density at radius 2 is 1.93 bits per heavy atom. The van der Waals surface area contributed by atoms with Crippen LogP contribution in [0, 0.1) is 17.4 Å². The molecule has 0 aromatic rings. The maximum atomic E-state index is 10.4. The standard InChI is InChI=1S/C12H22OSi/c1-11-7-5-6-8-12(11,13)9-10-14(2,3)4/h11,13H,5-8H2,1-4H3/t11-,12+/m0/s1. The van der Waals surface area contributed by atoms with Gasteiger partial charge in [0.2, 0.25) is 0 Å². The lowest BCUT2D eigenvalue weighted by molar-refractivity contribution is 0.0127. The van der Waals surface area contributed by atoms with Gasteiger partial charge in [-0.15, -0.1) is 5.54 Å². The van der Waals surface area contributed by atoms with E-state index in [1.165, 1.54) is 6.42 Å². The summed E-state index contributed by atoms with van der Waals surface area (Å²) in [5, 5.41) is 10.4. The van der Waals surface area contributed by atoms with Crippen LogP contribution in [0.5, 0.6) is 0 Å². The van der Waals surface area contributed by atoms with Crippen molar-refractivity contribution in [2.45, 2.75) is 57.8 Å². The van der Waals surface area contributed by atoms with Crippen LogP contribution >= 0.6 is 0 Å². The van der Waals surface area contributed by atoms with Gasteiger partial charge in [0, 0.05) is 0 Å². The summed E-state index contributed by atoms with van der Waals surface area (Å²) in [6.07, 6.45) is 4.36. The Kier molecular flexibility index (Phi) is 3.44. The van der Waals surface area contributed by atoms with Gasteiger partial charge in [0.15, 0.2) is 0 Å². The molecular weight excluding hydrogens is 188 g/mol. The minimum Gasteiger partial charge on any atom is -0.377 e. The van der Waals surface area contributed by atoms with E-state index >= 15 is 0 Å². The molecule has 0 radical (unpaired) electrons. The molecule has 2 heteroatoms. The minimum absolute atomic E-state index is 0.347. The third kappa shape index (κ3) is 3.15. The monoisotopic (exact) mass is 210 g/mol. The van der Waals surface area contributed by atoms with Crippen LogP contribution in [0.4, 0.5) is 0 Å². The molecule has 0 aromatic carbocycles. The summed E-state index contributed by atoms with van der Waals surface area (Å²) < 4.78 is 0. The summed E-state index contributed by atoms with van der Waals surface area (Å²) in [4.78, 5) is 0. The van der Waals surface area contributed by atoms with E-state index in [9.17, 15) is 5.11 Å². The molecule has 1 rings (SSSR count). The van der Waals surface area contributed by atoms with Crippen LogP contribution in [0.3, 0.4) is 0 Å². The molecule has 0 bridgehead atoms. The Morgan fingerprint density at radius 1 is 1.29 bits per heavy atom. The van der Waals surface area contributed by atoms with Crippen molar-refractivity contribution in [3.05, 3.63) is 0 Å². The quantitative estimate of drug-likeness (QED) is 0.481. The predicted molar refractivity (Wildman–Crippen MR) is 63.7 cm³/mol. The lowest BCUT2D eigenvalue weighted by Gasteiger charge is -2.34. The fourth-order valence-electron chi connectivity index (χ4n) is 1.81. The largest absolute Gasteiger partial charge is 0.377 e. The van der Waals surface area contributed by atoms with Crippen LogP contribution in [-0.2, 0) is 0 Å². The van der Waals surface area contributed by atoms with E-state index in [-0.39, 0.29) is 0 Å². The van der Waals surface area contributed by atoms with Crippen LogP contribution in [0.1, 0.15) is 32.6 Å². The third-order valence-electron chi connectivity index (χ3n) is 2.91. The van der Waals surface area contributed by atoms with Crippen LogP contribution < -0.4 is 0 Å². The molecule has 0 unspecified atom stereocenters. The molecule has 0 amide bonds. The normalized spacial score (nSPS) is 33.4. The van der Waals surface area contributed by atoms with E-state index in [4.69, 9.17) is 0 Å². The number of hydrogen-bond acceptors (Lipinski definition) is 1. The Hall–Kier alpha value is -0.263. The van der Waals surface area contributed by atoms with Crippen LogP contribution in [-0.4, -0.2) is 18.8 Å². The Labute approximate surface area is 88.9 Å². The molecular formula is C12H22OSi. The molecule has 0 saturated heterocycles. The third-order valence-corrected chi connectivity index (χ3v) is 3.79. The van der Waals surface area contributed by atoms with Crippen molar-refractivity contribution in [1.29, 1.82) is 0 Å². The van der Waals surface area contributed by atoms with Gasteiger partial charge in [0.25, 0.3) is 0 Å². The summed E-state index contributed by atoms with van der Waals surface area (Å²) in [6.45, 7) is 8.78. The van der Waals surface area contributed by atoms with Crippen molar-refractivity contribution < 1.29 is 5.11 Å². The van der Waals surface area contributed by atoms with Crippen LogP contribution in [0.25, 0.3) is 0 Å². The van der Waals surface area contributed by atoms with Crippen molar-refractivity contribution in [1.82, 2.24) is 0 Å². The van der Waals surface area contributed by atoms with Crippen LogP contribution in [0.15, 0.2) is 0 Å². The van der Waals surface area contributed by atoms with Crippen molar-refractivity contribution in [3.63, 3.8) is 0 Å². The van der Waals surface area contributed by atoms with Gasteiger partial charge < -0.3 is 5.11 Å². The fraction of sp³-hybridized carbons (Fsp3) is 0.833. The highest BCUT2D eigenvalue weighted by atomic mass is 28.3. The molecule has 1 aliphatic carbocycles. The van der Waals surface area contributed by atoms with E-state index in [0.717, 1.165) is 19.3 Å². The van der Waals surface area contributed by atoms with Gasteiger partial charge in [-0.05, 0) is 25.2 Å². The van der Waals surface area contributed by atoms with E-state index in [1.54, 1.807) is 0 Å². The zero-order valence-electron chi connectivity index (χ0n) is 9.85. The van der Waals surface area contributed by atoms with Crippen molar-refractivity contribution in [2.75, 3.05) is 0 Å². The number of rotatable bonds is 0. The van der Waals surface area contributed by atoms with E-state index in [2.05, 4.69) is 38.0 Å². The number of aliphatic hydroxyl groups is 1. The van der Waals surface area contributed by atoms with Gasteiger partial charge in [-0.25, -0.2) is 0 Å². The Morgan fingerprint density at radius 3 is 2.43 bits per heavy atom. The van der Waals surface area contributed by atoms with Gasteiger partial charge in [-0.1, -0.05) is 38.9 Å². The highest BCUT2D eigenvalue weighted by Crippen LogP contribution is 2.32. The van der Waals surface area contributed by atoms with Crippen molar-refractivity contribution >= 4 is 8.07 Å². The summed E-state index contributed by atoms with van der Waals surface area (Å²) in [5.74, 6) is 3.50. The predicted octanol–water partition coefficient (Wildman–Crippen LogP) is 2.81. The zero-order valence-corrected chi connectivity index (χ0v) is 10.9. The summed E-state index contributed by atoms with van der Waals surface area (Å²) >= 11 is 0. The van der Waals surface area contributed by atoms with Crippen molar-refractivity contribution in [2.24, 2.45) is 5.92 Å². The molecule has 1 nitrogen and oxygen atoms in total. The van der Waals surface area contributed by atoms with Crippen molar-refractivity contribution in [3.8, 4) is 11.5 Å². The maximum absolute atomic E-state index is 10.4. The molecule has 1 N–H and O–H groups in total. The molecule has 0 spiro atoms. The van der Waals surface area contributed by atoms with Gasteiger partial charge in [-0.2, -0.15) is 0 Å². The molecule has 1 saturated carbocycles. The second-order valence-electron chi connectivity index (χ2n) is 5.57. The summed E-state index contributed by atoms with van der Waals surface area (Å²) in [5.41, 5.74) is 2.62. The minimum atomic E-state index is -1.34. The molecule has 2 atom stereocenters. The number of hydrogen-bond donors (Lipinski definition) is 1. The molecule has 0 aromatic heterocycles. The SMILES string of the molecule is C[C@H]1CCCC[C@@]1(O)C#C[Si](C)(C)C. The highest BCUT2D eigenvalue weighted by molar-refractivity contribution is 6.83. The summed E-state index contributed by atoms with van der Waals surface area (Å²) in [7, 11) is -1.34. The molecule has 0 aliphatic heterocycles. The molecule has 0 heterocycles. The zero-order chi connectivity index (χ0) is 10.8. The Bertz CT molecular complexity index is 256. The average Bonchev–Trinajstić information content (AvgIpc) is 2.06. The lowest BCUT2D eigenvalue weighted by atomic mass is 9.77. The lowest BCUT2D eigenvalue weighted by Crippen LogP contribution is -2.38. The highest BCUT2D eigenvalue weighted by Gasteiger charge is 2.34. The maximum Gasteiger partial charge on any atom is 0.129 e. The first-order valence-electron chi connectivity index (χ1n) is 5.60. The molecule has 80 valence electrons. The smallest absolute Gasteiger partial charge is 0.129 e. The molecule has 1 aliphatic rings. The van der Waals surface area contributed by atoms with E-state index in [0.29, 0.717) is 5.92 Å². The second kappa shape index (κ2) is 4.08. The average molecular weight is 210 g/mol. The second-order valence-corrected chi connectivity index (χ2v) is 10.3. The van der Waals surface area contributed by atoms with Gasteiger partial charge >= 0.3 is 0 Å². The first kappa shape index (κ1) is 11.8. The molecule has 1 fully saturated rings. The first-order chi connectivity index (χ1) is 6.33. The fourth-order valence-corrected chi connectivity index (χ4v) is 2.40. The molecule has 14 heavy (non-hydrogen) atoms. The van der Waals surface area contributed by atoms with Gasteiger partial charge in [-0.3, -0.25) is 0 Å². The van der Waals surface area contributed by atoms with Crippen LogP contribution in [0.2, 0.25) is 19.6 Å². The first-order valence-corrected chi connectivity index (χ1v) is 9.10. The Balaban J connectivity index is 2.76. The van der Waals surface area contributed by atoms with Gasteiger partial charge in [0.05, 0.1) is 0 Å². The van der Waals surface area contributed by atoms with E-state index < -0.39 is 13.7 Å².